The fraction of sp³-hybridized carbons (Fsp3) is 0.231. The van der Waals surface area contributed by atoms with Gasteiger partial charge in [0.25, 0.3) is 0 Å². The van der Waals surface area contributed by atoms with E-state index in [1.165, 1.54) is 12.3 Å². The largest absolute Gasteiger partial charge is 0.298 e. The summed E-state index contributed by atoms with van der Waals surface area (Å²) in [6.07, 6.45) is 3.75. The predicted octanol–water partition coefficient (Wildman–Crippen LogP) is 2.45. The van der Waals surface area contributed by atoms with Crippen molar-refractivity contribution < 1.29 is 9.18 Å². The third-order valence-corrected chi connectivity index (χ3v) is 2.76. The van der Waals surface area contributed by atoms with Gasteiger partial charge in [0.05, 0.1) is 11.8 Å². The van der Waals surface area contributed by atoms with Crippen LogP contribution in [-0.4, -0.2) is 16.5 Å². The highest BCUT2D eigenvalue weighted by atomic mass is 19.1. The van der Waals surface area contributed by atoms with Gasteiger partial charge in [0.1, 0.15) is 5.82 Å². The van der Waals surface area contributed by atoms with Crippen LogP contribution in [0.2, 0.25) is 0 Å². The maximum absolute atomic E-state index is 13.1. The molecule has 0 bridgehead atoms. The average molecular weight is 232 g/mol. The van der Waals surface area contributed by atoms with E-state index in [-0.39, 0.29) is 5.82 Å². The molecule has 88 valence electrons. The fourth-order valence-electron chi connectivity index (χ4n) is 1.76. The first-order valence-corrected chi connectivity index (χ1v) is 5.43. The van der Waals surface area contributed by atoms with Crippen molar-refractivity contribution in [2.75, 3.05) is 0 Å². The zero-order valence-corrected chi connectivity index (χ0v) is 9.53. The smallest absolute Gasteiger partial charge is 0.153 e. The molecule has 0 saturated carbocycles. The summed E-state index contributed by atoms with van der Waals surface area (Å²) in [5.41, 5.74) is 3.10. The number of aryl methyl sites for hydroxylation is 3. The van der Waals surface area contributed by atoms with E-state index in [0.29, 0.717) is 17.5 Å². The molecule has 0 aliphatic heterocycles. The molecule has 1 aromatic heterocycles. The average Bonchev–Trinajstić information content (AvgIpc) is 2.78. The van der Waals surface area contributed by atoms with Crippen molar-refractivity contribution in [1.29, 1.82) is 0 Å². The second kappa shape index (κ2) is 4.91. The van der Waals surface area contributed by atoms with Crippen molar-refractivity contribution in [3.63, 3.8) is 0 Å². The van der Waals surface area contributed by atoms with Gasteiger partial charge in [-0.1, -0.05) is 12.1 Å². The van der Waals surface area contributed by atoms with Crippen molar-refractivity contribution in [1.82, 2.24) is 10.2 Å². The van der Waals surface area contributed by atoms with E-state index in [0.717, 1.165) is 24.0 Å². The number of hydrogen-bond donors (Lipinski definition) is 1. The van der Waals surface area contributed by atoms with Crippen LogP contribution in [-0.2, 0) is 12.8 Å². The van der Waals surface area contributed by atoms with Crippen LogP contribution in [0.5, 0.6) is 0 Å². The third-order valence-electron chi connectivity index (χ3n) is 2.76. The Kier molecular flexibility index (Phi) is 3.32. The highest BCUT2D eigenvalue weighted by Gasteiger charge is 2.05. The highest BCUT2D eigenvalue weighted by molar-refractivity contribution is 5.75. The number of nitrogens with one attached hydrogen (secondary N) is 1. The van der Waals surface area contributed by atoms with Gasteiger partial charge < -0.3 is 0 Å². The van der Waals surface area contributed by atoms with Gasteiger partial charge in [-0.15, -0.1) is 0 Å². The minimum Gasteiger partial charge on any atom is -0.298 e. The Labute approximate surface area is 98.7 Å². The second-order valence-electron chi connectivity index (χ2n) is 4.01. The van der Waals surface area contributed by atoms with Crippen LogP contribution in [0.25, 0.3) is 0 Å². The molecule has 0 fully saturated rings. The first-order valence-electron chi connectivity index (χ1n) is 5.43. The maximum atomic E-state index is 13.1. The van der Waals surface area contributed by atoms with Crippen molar-refractivity contribution in [3.8, 4) is 0 Å². The summed E-state index contributed by atoms with van der Waals surface area (Å²) in [5, 5.41) is 6.62. The molecule has 1 heterocycles. The summed E-state index contributed by atoms with van der Waals surface area (Å²) in [6, 6.07) is 5.06. The summed E-state index contributed by atoms with van der Waals surface area (Å²) in [7, 11) is 0. The van der Waals surface area contributed by atoms with E-state index in [4.69, 9.17) is 0 Å². The number of halogens is 1. The lowest BCUT2D eigenvalue weighted by Crippen LogP contribution is -1.96. The van der Waals surface area contributed by atoms with Crippen LogP contribution in [0.15, 0.2) is 24.4 Å². The van der Waals surface area contributed by atoms with Gasteiger partial charge in [-0.2, -0.15) is 5.10 Å². The van der Waals surface area contributed by atoms with Crippen molar-refractivity contribution >= 4 is 6.29 Å². The molecule has 0 amide bonds. The topological polar surface area (TPSA) is 45.8 Å². The summed E-state index contributed by atoms with van der Waals surface area (Å²) >= 11 is 0. The molecule has 0 aliphatic carbocycles. The minimum absolute atomic E-state index is 0.191. The number of carbonyl (C=O) groups excluding carboxylic acids is 1. The minimum atomic E-state index is -0.191. The van der Waals surface area contributed by atoms with Crippen LogP contribution in [0, 0.1) is 12.7 Å². The zero-order valence-electron chi connectivity index (χ0n) is 9.53. The van der Waals surface area contributed by atoms with Gasteiger partial charge >= 0.3 is 0 Å². The second-order valence-corrected chi connectivity index (χ2v) is 4.01. The van der Waals surface area contributed by atoms with E-state index in [2.05, 4.69) is 10.2 Å². The first kappa shape index (κ1) is 11.5. The molecule has 0 aliphatic rings. The number of aromatic amines is 1. The van der Waals surface area contributed by atoms with Crippen molar-refractivity contribution in [3.05, 3.63) is 52.6 Å². The monoisotopic (exact) mass is 232 g/mol. The molecule has 2 aromatic rings. The lowest BCUT2D eigenvalue weighted by molar-refractivity contribution is 0.112. The van der Waals surface area contributed by atoms with Crippen molar-refractivity contribution in [2.24, 2.45) is 0 Å². The third kappa shape index (κ3) is 2.58. The predicted molar refractivity (Wildman–Crippen MR) is 62.5 cm³/mol. The van der Waals surface area contributed by atoms with Crippen molar-refractivity contribution in [2.45, 2.75) is 19.8 Å². The Balaban J connectivity index is 2.07. The fourth-order valence-corrected chi connectivity index (χ4v) is 1.76. The van der Waals surface area contributed by atoms with Gasteiger partial charge in [0.15, 0.2) is 6.29 Å². The Morgan fingerprint density at radius 2 is 2.24 bits per heavy atom. The Hall–Kier alpha value is -1.97. The Morgan fingerprint density at radius 3 is 2.94 bits per heavy atom. The molecule has 3 nitrogen and oxygen atoms in total. The van der Waals surface area contributed by atoms with Gasteiger partial charge in [-0.05, 0) is 37.0 Å². The molecule has 0 atom stereocenters. The summed E-state index contributed by atoms with van der Waals surface area (Å²) in [4.78, 5) is 10.7. The van der Waals surface area contributed by atoms with Crippen LogP contribution in [0.4, 0.5) is 4.39 Å². The molecular weight excluding hydrogens is 219 g/mol. The molecule has 1 aromatic carbocycles. The van der Waals surface area contributed by atoms with Gasteiger partial charge in [-0.3, -0.25) is 9.89 Å². The molecule has 17 heavy (non-hydrogen) atoms. The van der Waals surface area contributed by atoms with Gasteiger partial charge in [-0.25, -0.2) is 4.39 Å². The normalized spacial score (nSPS) is 10.5. The number of aromatic nitrogens is 2. The summed E-state index contributed by atoms with van der Waals surface area (Å²) in [5.74, 6) is -0.191. The number of nitrogens with zero attached hydrogens (tertiary/aromatic N) is 1. The quantitative estimate of drug-likeness (QED) is 0.823. The van der Waals surface area contributed by atoms with Crippen LogP contribution < -0.4 is 0 Å². The number of hydrogen-bond acceptors (Lipinski definition) is 2. The molecule has 0 spiro atoms. The van der Waals surface area contributed by atoms with Crippen LogP contribution >= 0.6 is 0 Å². The summed E-state index contributed by atoms with van der Waals surface area (Å²) < 4.78 is 13.1. The van der Waals surface area contributed by atoms with E-state index in [1.54, 1.807) is 13.0 Å². The molecule has 0 saturated heterocycles. The Morgan fingerprint density at radius 1 is 1.41 bits per heavy atom. The first-order chi connectivity index (χ1) is 8.20. The maximum Gasteiger partial charge on any atom is 0.153 e. The number of aldehydes is 1. The van der Waals surface area contributed by atoms with E-state index in [1.807, 2.05) is 6.07 Å². The Bertz CT molecular complexity index is 534. The number of rotatable bonds is 4. The number of benzene rings is 1. The van der Waals surface area contributed by atoms with Gasteiger partial charge in [0, 0.05) is 5.69 Å². The highest BCUT2D eigenvalue weighted by Crippen LogP contribution is 2.12. The zero-order chi connectivity index (χ0) is 12.3. The molecule has 1 N–H and O–H groups in total. The summed E-state index contributed by atoms with van der Waals surface area (Å²) in [6.45, 7) is 1.74. The van der Waals surface area contributed by atoms with E-state index < -0.39 is 0 Å². The lowest BCUT2D eigenvalue weighted by atomic mass is 10.0. The van der Waals surface area contributed by atoms with E-state index in [9.17, 15) is 9.18 Å². The number of carbonyl (C=O) groups is 1. The lowest BCUT2D eigenvalue weighted by Gasteiger charge is -2.03. The standard InChI is InChI=1S/C13H13FN2O/c1-9-6-10(2-4-12(9)14)3-5-13-11(8-17)7-15-16-13/h2,4,6-8H,3,5H2,1H3,(H,15,16). The molecule has 0 radical (unpaired) electrons. The molecule has 0 unspecified atom stereocenters. The van der Waals surface area contributed by atoms with E-state index >= 15 is 0 Å². The van der Waals surface area contributed by atoms with Crippen LogP contribution in [0.3, 0.4) is 0 Å². The molecule has 2 rings (SSSR count). The van der Waals surface area contributed by atoms with Crippen LogP contribution in [0.1, 0.15) is 27.2 Å². The number of H-pyrrole nitrogens is 1. The molecular formula is C13H13FN2O. The SMILES string of the molecule is Cc1cc(CCc2[nH]ncc2C=O)ccc1F. The molecule has 4 heteroatoms. The van der Waals surface area contributed by atoms with Gasteiger partial charge in [0.2, 0.25) is 0 Å².